The van der Waals surface area contributed by atoms with E-state index in [2.05, 4.69) is 26.9 Å². The predicted molar refractivity (Wildman–Crippen MR) is 115 cm³/mol. The lowest BCUT2D eigenvalue weighted by molar-refractivity contribution is -0.384. The monoisotopic (exact) mass is 427 g/mol. The van der Waals surface area contributed by atoms with E-state index in [1.807, 2.05) is 31.2 Å². The number of aryl methyl sites for hydroxylation is 1. The Morgan fingerprint density at radius 3 is 2.47 bits per heavy atom. The third-order valence-electron chi connectivity index (χ3n) is 5.45. The molecule has 9 heteroatoms. The standard InChI is InChI=1S/C21H22ClN5O3/c1-14-3-5-16(6-4-14)20-23-21(30-24-20)15(2)25-9-11-26(12-10-25)19-8-7-17(27(28)29)13-18(19)22/h3-8,13,15H,9-12H2,1-2H3. The second-order valence-electron chi connectivity index (χ2n) is 7.41. The molecule has 0 N–H and O–H groups in total. The number of hydrogen-bond acceptors (Lipinski definition) is 7. The van der Waals surface area contributed by atoms with Crippen LogP contribution in [-0.4, -0.2) is 46.1 Å². The lowest BCUT2D eigenvalue weighted by Gasteiger charge is -2.38. The highest BCUT2D eigenvalue weighted by atomic mass is 35.5. The molecule has 1 aromatic heterocycles. The van der Waals surface area contributed by atoms with Crippen LogP contribution in [0.5, 0.6) is 0 Å². The Morgan fingerprint density at radius 2 is 1.83 bits per heavy atom. The molecule has 2 aromatic carbocycles. The summed E-state index contributed by atoms with van der Waals surface area (Å²) in [5, 5.41) is 15.4. The molecular formula is C21H22ClN5O3. The summed E-state index contributed by atoms with van der Waals surface area (Å²) in [6.45, 7) is 7.17. The third kappa shape index (κ3) is 4.15. The van der Waals surface area contributed by atoms with Crippen LogP contribution in [0.4, 0.5) is 11.4 Å². The zero-order chi connectivity index (χ0) is 21.3. The Balaban J connectivity index is 1.41. The van der Waals surface area contributed by atoms with Gasteiger partial charge in [0, 0.05) is 43.9 Å². The number of rotatable bonds is 5. The molecule has 8 nitrogen and oxygen atoms in total. The first-order valence-corrected chi connectivity index (χ1v) is 10.1. The molecule has 0 saturated carbocycles. The summed E-state index contributed by atoms with van der Waals surface area (Å²) in [4.78, 5) is 19.5. The van der Waals surface area contributed by atoms with Crippen molar-refractivity contribution in [1.82, 2.24) is 15.0 Å². The molecule has 156 valence electrons. The first-order valence-electron chi connectivity index (χ1n) is 9.76. The summed E-state index contributed by atoms with van der Waals surface area (Å²) in [5.41, 5.74) is 2.92. The molecule has 0 radical (unpaired) electrons. The van der Waals surface area contributed by atoms with Crippen molar-refractivity contribution in [3.8, 4) is 11.4 Å². The van der Waals surface area contributed by atoms with Crippen molar-refractivity contribution in [3.05, 3.63) is 69.1 Å². The molecule has 0 aliphatic carbocycles. The van der Waals surface area contributed by atoms with Gasteiger partial charge in [-0.25, -0.2) is 0 Å². The Morgan fingerprint density at radius 1 is 1.13 bits per heavy atom. The summed E-state index contributed by atoms with van der Waals surface area (Å²) in [6.07, 6.45) is 0. The predicted octanol–water partition coefficient (Wildman–Crippen LogP) is 4.49. The van der Waals surface area contributed by atoms with Gasteiger partial charge < -0.3 is 9.42 Å². The highest BCUT2D eigenvalue weighted by Gasteiger charge is 2.27. The number of nitro groups is 1. The van der Waals surface area contributed by atoms with E-state index in [1.165, 1.54) is 17.7 Å². The molecule has 1 atom stereocenters. The minimum absolute atomic E-state index is 0.00298. The number of piperazine rings is 1. The lowest BCUT2D eigenvalue weighted by atomic mass is 10.1. The summed E-state index contributed by atoms with van der Waals surface area (Å²) in [5.74, 6) is 1.18. The van der Waals surface area contributed by atoms with E-state index < -0.39 is 4.92 Å². The number of hydrogen-bond donors (Lipinski definition) is 0. The van der Waals surface area contributed by atoms with Crippen LogP contribution in [0.15, 0.2) is 47.0 Å². The molecule has 1 fully saturated rings. The second kappa shape index (κ2) is 8.41. The number of nitro benzene ring substituents is 1. The molecule has 0 amide bonds. The lowest BCUT2D eigenvalue weighted by Crippen LogP contribution is -2.47. The number of non-ortho nitro benzene ring substituents is 1. The van der Waals surface area contributed by atoms with E-state index >= 15 is 0 Å². The van der Waals surface area contributed by atoms with Crippen molar-refractivity contribution < 1.29 is 9.45 Å². The topological polar surface area (TPSA) is 88.5 Å². The molecule has 1 saturated heterocycles. The smallest absolute Gasteiger partial charge is 0.271 e. The average molecular weight is 428 g/mol. The first kappa shape index (κ1) is 20.3. The highest BCUT2D eigenvalue weighted by Crippen LogP contribution is 2.31. The van der Waals surface area contributed by atoms with E-state index in [4.69, 9.17) is 16.1 Å². The van der Waals surface area contributed by atoms with Crippen LogP contribution in [0, 0.1) is 17.0 Å². The highest BCUT2D eigenvalue weighted by molar-refractivity contribution is 6.33. The average Bonchev–Trinajstić information content (AvgIpc) is 3.24. The molecule has 1 unspecified atom stereocenters. The molecule has 30 heavy (non-hydrogen) atoms. The van der Waals surface area contributed by atoms with Crippen molar-refractivity contribution in [3.63, 3.8) is 0 Å². The number of anilines is 1. The van der Waals surface area contributed by atoms with Crippen molar-refractivity contribution in [1.29, 1.82) is 0 Å². The minimum atomic E-state index is -0.440. The van der Waals surface area contributed by atoms with Gasteiger partial charge >= 0.3 is 0 Å². The largest absolute Gasteiger partial charge is 0.368 e. The quantitative estimate of drug-likeness (QED) is 0.437. The van der Waals surface area contributed by atoms with Gasteiger partial charge in [-0.15, -0.1) is 0 Å². The van der Waals surface area contributed by atoms with Gasteiger partial charge in [-0.2, -0.15) is 4.98 Å². The summed E-state index contributed by atoms with van der Waals surface area (Å²) >= 11 is 6.28. The number of benzene rings is 2. The molecule has 1 aliphatic rings. The van der Waals surface area contributed by atoms with Crippen molar-refractivity contribution in [2.24, 2.45) is 0 Å². The molecular weight excluding hydrogens is 406 g/mol. The van der Waals surface area contributed by atoms with E-state index in [9.17, 15) is 10.1 Å². The Labute approximate surface area is 179 Å². The van der Waals surface area contributed by atoms with Crippen LogP contribution in [-0.2, 0) is 0 Å². The normalized spacial score (nSPS) is 15.9. The maximum atomic E-state index is 10.9. The van der Waals surface area contributed by atoms with E-state index in [0.717, 1.165) is 37.4 Å². The third-order valence-corrected chi connectivity index (χ3v) is 5.76. The maximum Gasteiger partial charge on any atom is 0.271 e. The summed E-state index contributed by atoms with van der Waals surface area (Å²) in [7, 11) is 0. The van der Waals surface area contributed by atoms with Crippen LogP contribution in [0.25, 0.3) is 11.4 Å². The van der Waals surface area contributed by atoms with Gasteiger partial charge in [-0.05, 0) is 19.9 Å². The first-order chi connectivity index (χ1) is 14.4. The fourth-order valence-electron chi connectivity index (χ4n) is 3.60. The molecule has 0 bridgehead atoms. The van der Waals surface area contributed by atoms with Gasteiger partial charge in [0.1, 0.15) is 0 Å². The van der Waals surface area contributed by atoms with Gasteiger partial charge in [-0.3, -0.25) is 15.0 Å². The van der Waals surface area contributed by atoms with Crippen molar-refractivity contribution in [2.75, 3.05) is 31.1 Å². The van der Waals surface area contributed by atoms with Crippen LogP contribution >= 0.6 is 11.6 Å². The van der Waals surface area contributed by atoms with Gasteiger partial charge in [-0.1, -0.05) is 46.6 Å². The van der Waals surface area contributed by atoms with Crippen LogP contribution in [0.3, 0.4) is 0 Å². The van der Waals surface area contributed by atoms with Crippen molar-refractivity contribution >= 4 is 23.0 Å². The van der Waals surface area contributed by atoms with Gasteiger partial charge in [0.2, 0.25) is 11.7 Å². The summed E-state index contributed by atoms with van der Waals surface area (Å²) in [6, 6.07) is 12.6. The van der Waals surface area contributed by atoms with Crippen LogP contribution in [0.1, 0.15) is 24.4 Å². The summed E-state index contributed by atoms with van der Waals surface area (Å²) < 4.78 is 5.53. The Kier molecular flexibility index (Phi) is 5.69. The number of aromatic nitrogens is 2. The number of halogens is 1. The minimum Gasteiger partial charge on any atom is -0.368 e. The molecule has 3 aromatic rings. The van der Waals surface area contributed by atoms with E-state index in [0.29, 0.717) is 16.7 Å². The molecule has 2 heterocycles. The maximum absolute atomic E-state index is 10.9. The molecule has 0 spiro atoms. The molecule has 1 aliphatic heterocycles. The van der Waals surface area contributed by atoms with Gasteiger partial charge in [0.25, 0.3) is 5.69 Å². The van der Waals surface area contributed by atoms with Gasteiger partial charge in [0.05, 0.1) is 21.7 Å². The number of nitrogens with zero attached hydrogens (tertiary/aromatic N) is 5. The second-order valence-corrected chi connectivity index (χ2v) is 7.82. The SMILES string of the molecule is Cc1ccc(-c2noc(C(C)N3CCN(c4ccc([N+](=O)[O-])cc4Cl)CC3)n2)cc1. The molecule has 4 rings (SSSR count). The van der Waals surface area contributed by atoms with E-state index in [1.54, 1.807) is 6.07 Å². The van der Waals surface area contributed by atoms with Crippen molar-refractivity contribution in [2.45, 2.75) is 19.9 Å². The fraction of sp³-hybridized carbons (Fsp3) is 0.333. The zero-order valence-electron chi connectivity index (χ0n) is 16.8. The zero-order valence-corrected chi connectivity index (χ0v) is 17.5. The van der Waals surface area contributed by atoms with Gasteiger partial charge in [0.15, 0.2) is 0 Å². The Bertz CT molecular complexity index is 1050. The van der Waals surface area contributed by atoms with E-state index in [-0.39, 0.29) is 11.7 Å². The van der Waals surface area contributed by atoms with Crippen LogP contribution < -0.4 is 4.90 Å². The fourth-order valence-corrected chi connectivity index (χ4v) is 3.89. The van der Waals surface area contributed by atoms with Crippen LogP contribution in [0.2, 0.25) is 5.02 Å². The Hall–Kier alpha value is -2.97.